The Morgan fingerprint density at radius 1 is 1.18 bits per heavy atom. The standard InChI is InChI=1S/C17H21N3O7S/c1-26-16(22)12-4-6-19(7-5-12)15(21)11-27-17(23)13-2-3-14-18-28(24,25)9-8-20(14)10-13/h2-3,10,12H,4-9,11H2,1H3. The molecule has 0 atom stereocenters. The number of esters is 2. The number of carbonyl (C=O) groups excluding carboxylic acids is 3. The highest BCUT2D eigenvalue weighted by molar-refractivity contribution is 7.90. The summed E-state index contributed by atoms with van der Waals surface area (Å²) in [6, 6.07) is 0. The van der Waals surface area contributed by atoms with E-state index in [0.717, 1.165) is 0 Å². The van der Waals surface area contributed by atoms with Crippen LogP contribution in [-0.2, 0) is 33.9 Å². The number of sulfonamides is 1. The second-order valence-corrected chi connectivity index (χ2v) is 8.36. The van der Waals surface area contributed by atoms with Crippen LogP contribution in [0.3, 0.4) is 0 Å². The van der Waals surface area contributed by atoms with Crippen LogP contribution < -0.4 is 0 Å². The van der Waals surface area contributed by atoms with E-state index in [2.05, 4.69) is 4.40 Å². The highest BCUT2D eigenvalue weighted by Gasteiger charge is 2.29. The van der Waals surface area contributed by atoms with Crippen molar-refractivity contribution in [1.82, 2.24) is 9.80 Å². The smallest absolute Gasteiger partial charge is 0.340 e. The molecule has 0 aromatic heterocycles. The summed E-state index contributed by atoms with van der Waals surface area (Å²) in [7, 11) is -2.13. The third-order valence-corrected chi connectivity index (χ3v) is 5.93. The van der Waals surface area contributed by atoms with E-state index in [0.29, 0.717) is 25.9 Å². The predicted molar refractivity (Wildman–Crippen MR) is 97.4 cm³/mol. The second-order valence-electron chi connectivity index (χ2n) is 6.60. The van der Waals surface area contributed by atoms with E-state index in [1.54, 1.807) is 9.80 Å². The molecule has 10 nitrogen and oxygen atoms in total. The summed E-state index contributed by atoms with van der Waals surface area (Å²) in [5.41, 5.74) is 0.204. The zero-order valence-corrected chi connectivity index (χ0v) is 16.2. The van der Waals surface area contributed by atoms with E-state index in [4.69, 9.17) is 9.47 Å². The monoisotopic (exact) mass is 411 g/mol. The molecule has 0 aromatic carbocycles. The van der Waals surface area contributed by atoms with Gasteiger partial charge in [0.2, 0.25) is 0 Å². The summed E-state index contributed by atoms with van der Waals surface area (Å²) in [6.07, 6.45) is 5.32. The molecule has 3 rings (SSSR count). The van der Waals surface area contributed by atoms with Gasteiger partial charge in [-0.3, -0.25) is 9.59 Å². The van der Waals surface area contributed by atoms with Crippen molar-refractivity contribution in [2.45, 2.75) is 12.8 Å². The number of fused-ring (bicyclic) bond motifs is 1. The summed E-state index contributed by atoms with van der Waals surface area (Å²) >= 11 is 0. The Labute approximate surface area is 162 Å². The van der Waals surface area contributed by atoms with Crippen molar-refractivity contribution in [2.24, 2.45) is 10.3 Å². The van der Waals surface area contributed by atoms with Gasteiger partial charge in [-0.2, -0.15) is 0 Å². The Balaban J connectivity index is 1.50. The fourth-order valence-corrected chi connectivity index (χ4v) is 4.12. The average molecular weight is 411 g/mol. The van der Waals surface area contributed by atoms with E-state index in [9.17, 15) is 22.8 Å². The summed E-state index contributed by atoms with van der Waals surface area (Å²) in [6.45, 7) is 0.597. The molecular weight excluding hydrogens is 390 g/mol. The largest absolute Gasteiger partial charge is 0.469 e. The van der Waals surface area contributed by atoms with E-state index < -0.39 is 22.6 Å². The first kappa shape index (κ1) is 20.1. The first-order chi connectivity index (χ1) is 13.3. The van der Waals surface area contributed by atoms with E-state index in [1.807, 2.05) is 0 Å². The van der Waals surface area contributed by atoms with Crippen LogP contribution in [0.4, 0.5) is 0 Å². The van der Waals surface area contributed by atoms with Crippen LogP contribution >= 0.6 is 0 Å². The Morgan fingerprint density at radius 3 is 2.57 bits per heavy atom. The first-order valence-electron chi connectivity index (χ1n) is 8.81. The number of nitrogens with zero attached hydrogens (tertiary/aromatic N) is 3. The van der Waals surface area contributed by atoms with E-state index in [-0.39, 0.29) is 41.5 Å². The molecule has 1 fully saturated rings. The minimum Gasteiger partial charge on any atom is -0.469 e. The third-order valence-electron chi connectivity index (χ3n) is 4.77. The lowest BCUT2D eigenvalue weighted by molar-refractivity contribution is -0.152. The van der Waals surface area contributed by atoms with Crippen LogP contribution in [0.1, 0.15) is 12.8 Å². The number of piperidine rings is 1. The fraction of sp³-hybridized carbons (Fsp3) is 0.529. The quantitative estimate of drug-likeness (QED) is 0.564. The molecule has 11 heteroatoms. The van der Waals surface area contributed by atoms with Gasteiger partial charge in [-0.15, -0.1) is 4.40 Å². The third kappa shape index (κ3) is 4.58. The number of amidine groups is 1. The van der Waals surface area contributed by atoms with Gasteiger partial charge in [0.05, 0.1) is 24.4 Å². The number of carbonyl (C=O) groups is 3. The molecular formula is C17H21N3O7S. The first-order valence-corrected chi connectivity index (χ1v) is 10.4. The Hall–Kier alpha value is -2.69. The molecule has 1 amide bonds. The van der Waals surface area contributed by atoms with Crippen molar-refractivity contribution in [3.8, 4) is 0 Å². The van der Waals surface area contributed by atoms with Gasteiger partial charge in [0, 0.05) is 25.8 Å². The van der Waals surface area contributed by atoms with Crippen molar-refractivity contribution in [1.29, 1.82) is 0 Å². The number of likely N-dealkylation sites (tertiary alicyclic amines) is 1. The lowest BCUT2D eigenvalue weighted by atomic mass is 9.97. The minimum absolute atomic E-state index is 0.136. The highest BCUT2D eigenvalue weighted by Crippen LogP contribution is 2.19. The lowest BCUT2D eigenvalue weighted by Crippen LogP contribution is -2.42. The highest BCUT2D eigenvalue weighted by atomic mass is 32.2. The summed E-state index contributed by atoms with van der Waals surface area (Å²) in [4.78, 5) is 39.1. The Morgan fingerprint density at radius 2 is 1.89 bits per heavy atom. The molecule has 0 spiro atoms. The van der Waals surface area contributed by atoms with Crippen LogP contribution in [-0.4, -0.2) is 81.0 Å². The van der Waals surface area contributed by atoms with Crippen molar-refractivity contribution in [3.63, 3.8) is 0 Å². The number of ether oxygens (including phenoxy) is 2. The van der Waals surface area contributed by atoms with Crippen molar-refractivity contribution >= 4 is 33.7 Å². The predicted octanol–water partition coefficient (Wildman–Crippen LogP) is -0.561. The number of hydrogen-bond acceptors (Lipinski definition) is 8. The van der Waals surface area contributed by atoms with Crippen molar-refractivity contribution in [3.05, 3.63) is 23.9 Å². The van der Waals surface area contributed by atoms with E-state index >= 15 is 0 Å². The molecule has 0 saturated carbocycles. The number of hydrogen-bond donors (Lipinski definition) is 0. The molecule has 1 saturated heterocycles. The molecule has 0 radical (unpaired) electrons. The van der Waals surface area contributed by atoms with Gasteiger partial charge in [0.25, 0.3) is 15.9 Å². The molecule has 0 aromatic rings. The van der Waals surface area contributed by atoms with Crippen LogP contribution in [0.2, 0.25) is 0 Å². The molecule has 152 valence electrons. The molecule has 3 heterocycles. The lowest BCUT2D eigenvalue weighted by Gasteiger charge is -2.30. The molecule has 28 heavy (non-hydrogen) atoms. The Bertz CT molecular complexity index is 867. The fourth-order valence-electron chi connectivity index (χ4n) is 3.15. The molecule has 0 N–H and O–H groups in total. The zero-order valence-electron chi connectivity index (χ0n) is 15.4. The summed E-state index contributed by atoms with van der Waals surface area (Å²) < 4.78 is 36.4. The van der Waals surface area contributed by atoms with Crippen LogP contribution in [0.25, 0.3) is 0 Å². The van der Waals surface area contributed by atoms with Gasteiger partial charge in [0.1, 0.15) is 5.84 Å². The normalized spacial score (nSPS) is 21.3. The summed E-state index contributed by atoms with van der Waals surface area (Å²) in [5, 5.41) is 0. The number of methoxy groups -OCH3 is 1. The van der Waals surface area contributed by atoms with Gasteiger partial charge in [0.15, 0.2) is 6.61 Å². The van der Waals surface area contributed by atoms with Crippen LogP contribution in [0.5, 0.6) is 0 Å². The molecule has 3 aliphatic heterocycles. The van der Waals surface area contributed by atoms with Gasteiger partial charge in [-0.1, -0.05) is 0 Å². The van der Waals surface area contributed by atoms with Gasteiger partial charge in [-0.05, 0) is 25.0 Å². The molecule has 0 unspecified atom stereocenters. The maximum Gasteiger partial charge on any atom is 0.340 e. The molecule has 0 aliphatic carbocycles. The zero-order chi connectivity index (χ0) is 20.3. The second kappa shape index (κ2) is 8.13. The SMILES string of the molecule is COC(=O)C1CCN(C(=O)COC(=O)C2=CN3CCS(=O)(=O)N=C3C=C2)CC1. The minimum atomic E-state index is -3.47. The van der Waals surface area contributed by atoms with Crippen LogP contribution in [0, 0.1) is 5.92 Å². The number of amides is 1. The summed E-state index contributed by atoms with van der Waals surface area (Å²) in [5.74, 6) is -1.39. The average Bonchev–Trinajstić information content (AvgIpc) is 2.70. The van der Waals surface area contributed by atoms with Gasteiger partial charge < -0.3 is 19.3 Å². The van der Waals surface area contributed by atoms with Gasteiger partial charge >= 0.3 is 11.9 Å². The maximum atomic E-state index is 12.2. The van der Waals surface area contributed by atoms with E-state index in [1.165, 1.54) is 25.5 Å². The molecule has 0 bridgehead atoms. The molecule has 3 aliphatic rings. The number of rotatable bonds is 4. The van der Waals surface area contributed by atoms with Crippen molar-refractivity contribution in [2.75, 3.05) is 39.1 Å². The maximum absolute atomic E-state index is 12.2. The van der Waals surface area contributed by atoms with Crippen LogP contribution in [0.15, 0.2) is 28.3 Å². The topological polar surface area (TPSA) is 123 Å². The van der Waals surface area contributed by atoms with Gasteiger partial charge in [-0.25, -0.2) is 13.2 Å². The van der Waals surface area contributed by atoms with Crippen molar-refractivity contribution < 1.29 is 32.3 Å². The Kier molecular flexibility index (Phi) is 5.82.